The van der Waals surface area contributed by atoms with Crippen LogP contribution in [0.1, 0.15) is 33.6 Å². The number of hydrogen-bond donors (Lipinski definition) is 1. The summed E-state index contributed by atoms with van der Waals surface area (Å²) >= 11 is 0. The lowest BCUT2D eigenvalue weighted by Crippen LogP contribution is -2.55. The second kappa shape index (κ2) is 6.51. The fourth-order valence-electron chi connectivity index (χ4n) is 2.59. The molecule has 1 rings (SSSR count). The number of likely N-dealkylation sites (N-methyl/N-ethyl adjacent to an activating group) is 1. The number of nitrogens with zero attached hydrogens (tertiary/aromatic N) is 3. The molecule has 0 radical (unpaired) electrons. The Morgan fingerprint density at radius 1 is 1.33 bits per heavy atom. The molecule has 0 aliphatic carbocycles. The molecule has 18 heavy (non-hydrogen) atoms. The molecule has 1 N–H and O–H groups in total. The SMILES string of the molecule is CNC(C)(C#N)CCCN1CC(C)N(C)C(C)C1. The minimum absolute atomic E-state index is 0.371. The molecule has 0 aromatic rings. The van der Waals surface area contributed by atoms with Crippen LogP contribution in [0.25, 0.3) is 0 Å². The van der Waals surface area contributed by atoms with Gasteiger partial charge in [0.1, 0.15) is 5.54 Å². The Bertz CT molecular complexity index is 287. The van der Waals surface area contributed by atoms with Gasteiger partial charge in [-0.3, -0.25) is 4.90 Å². The van der Waals surface area contributed by atoms with Crippen molar-refractivity contribution in [1.82, 2.24) is 15.1 Å². The molecule has 0 amide bonds. The Hall–Kier alpha value is -0.630. The second-order valence-corrected chi connectivity index (χ2v) is 5.92. The molecule has 0 bridgehead atoms. The highest BCUT2D eigenvalue weighted by atomic mass is 15.3. The fraction of sp³-hybridized carbons (Fsp3) is 0.929. The zero-order valence-corrected chi connectivity index (χ0v) is 12.5. The summed E-state index contributed by atoms with van der Waals surface area (Å²) in [4.78, 5) is 4.98. The minimum atomic E-state index is -0.371. The number of rotatable bonds is 5. The van der Waals surface area contributed by atoms with Crippen molar-refractivity contribution in [2.45, 2.75) is 51.2 Å². The van der Waals surface area contributed by atoms with Crippen molar-refractivity contribution >= 4 is 0 Å². The molecule has 4 heteroatoms. The Morgan fingerprint density at radius 3 is 2.33 bits per heavy atom. The van der Waals surface area contributed by atoms with Gasteiger partial charge in [0.2, 0.25) is 0 Å². The molecule has 0 saturated carbocycles. The lowest BCUT2D eigenvalue weighted by atomic mass is 9.97. The number of nitrogens with one attached hydrogen (secondary N) is 1. The molecule has 1 fully saturated rings. The Balaban J connectivity index is 2.35. The van der Waals surface area contributed by atoms with E-state index in [1.807, 2.05) is 14.0 Å². The summed E-state index contributed by atoms with van der Waals surface area (Å²) in [6, 6.07) is 3.60. The quantitative estimate of drug-likeness (QED) is 0.801. The van der Waals surface area contributed by atoms with E-state index in [1.54, 1.807) is 0 Å². The third kappa shape index (κ3) is 3.94. The Morgan fingerprint density at radius 2 is 1.89 bits per heavy atom. The highest BCUT2D eigenvalue weighted by Gasteiger charge is 2.27. The number of nitriles is 1. The summed E-state index contributed by atoms with van der Waals surface area (Å²) in [6.07, 6.45) is 1.99. The summed E-state index contributed by atoms with van der Waals surface area (Å²) in [5.41, 5.74) is -0.371. The standard InChI is InChI=1S/C14H28N4/c1-12-9-18(10-13(2)17(12)5)8-6-7-14(3,11-15)16-4/h12-13,16H,6-10H2,1-5H3. The van der Waals surface area contributed by atoms with E-state index in [0.29, 0.717) is 12.1 Å². The highest BCUT2D eigenvalue weighted by molar-refractivity contribution is 5.02. The fourth-order valence-corrected chi connectivity index (χ4v) is 2.59. The maximum absolute atomic E-state index is 9.11. The molecule has 3 unspecified atom stereocenters. The van der Waals surface area contributed by atoms with E-state index in [2.05, 4.69) is 42.1 Å². The van der Waals surface area contributed by atoms with E-state index in [1.165, 1.54) is 0 Å². The van der Waals surface area contributed by atoms with Crippen molar-refractivity contribution in [3.05, 3.63) is 0 Å². The zero-order chi connectivity index (χ0) is 13.8. The maximum atomic E-state index is 9.11. The Labute approximate surface area is 112 Å². The first-order chi connectivity index (χ1) is 8.41. The average Bonchev–Trinajstić information content (AvgIpc) is 2.35. The molecule has 1 heterocycles. The predicted octanol–water partition coefficient (Wildman–Crippen LogP) is 1.29. The van der Waals surface area contributed by atoms with E-state index in [0.717, 1.165) is 32.5 Å². The van der Waals surface area contributed by atoms with Crippen molar-refractivity contribution < 1.29 is 0 Å². The number of piperazine rings is 1. The van der Waals surface area contributed by atoms with Crippen molar-refractivity contribution in [2.24, 2.45) is 0 Å². The van der Waals surface area contributed by atoms with Crippen LogP contribution in [0.5, 0.6) is 0 Å². The van der Waals surface area contributed by atoms with Crippen molar-refractivity contribution in [2.75, 3.05) is 33.7 Å². The molecule has 0 aromatic carbocycles. The lowest BCUT2D eigenvalue weighted by Gasteiger charge is -2.42. The maximum Gasteiger partial charge on any atom is 0.103 e. The minimum Gasteiger partial charge on any atom is -0.303 e. The van der Waals surface area contributed by atoms with Crippen LogP contribution < -0.4 is 5.32 Å². The van der Waals surface area contributed by atoms with Crippen molar-refractivity contribution in [1.29, 1.82) is 5.26 Å². The second-order valence-electron chi connectivity index (χ2n) is 5.92. The van der Waals surface area contributed by atoms with Crippen LogP contribution >= 0.6 is 0 Å². The van der Waals surface area contributed by atoms with Gasteiger partial charge >= 0.3 is 0 Å². The summed E-state index contributed by atoms with van der Waals surface area (Å²) in [6.45, 7) is 9.93. The van der Waals surface area contributed by atoms with E-state index in [-0.39, 0.29) is 5.54 Å². The third-order valence-corrected chi connectivity index (χ3v) is 4.39. The molecular formula is C14H28N4. The molecule has 104 valence electrons. The van der Waals surface area contributed by atoms with E-state index < -0.39 is 0 Å². The monoisotopic (exact) mass is 252 g/mol. The smallest absolute Gasteiger partial charge is 0.103 e. The van der Waals surface area contributed by atoms with Gasteiger partial charge in [-0.1, -0.05) is 0 Å². The average molecular weight is 252 g/mol. The summed E-state index contributed by atoms with van der Waals surface area (Å²) in [7, 11) is 4.07. The normalized spacial score (nSPS) is 29.8. The summed E-state index contributed by atoms with van der Waals surface area (Å²) in [5.74, 6) is 0. The van der Waals surface area contributed by atoms with Gasteiger partial charge in [-0.25, -0.2) is 0 Å². The number of hydrogen-bond acceptors (Lipinski definition) is 4. The third-order valence-electron chi connectivity index (χ3n) is 4.39. The predicted molar refractivity (Wildman–Crippen MR) is 75.4 cm³/mol. The van der Waals surface area contributed by atoms with Crippen LogP contribution in [0.4, 0.5) is 0 Å². The molecule has 1 aliphatic rings. The lowest BCUT2D eigenvalue weighted by molar-refractivity contribution is 0.0584. The van der Waals surface area contributed by atoms with Crippen LogP contribution in [0, 0.1) is 11.3 Å². The van der Waals surface area contributed by atoms with E-state index >= 15 is 0 Å². The van der Waals surface area contributed by atoms with Gasteiger partial charge in [0.15, 0.2) is 0 Å². The first kappa shape index (κ1) is 15.4. The molecular weight excluding hydrogens is 224 g/mol. The summed E-state index contributed by atoms with van der Waals surface area (Å²) in [5, 5.41) is 12.2. The largest absolute Gasteiger partial charge is 0.303 e. The van der Waals surface area contributed by atoms with Gasteiger partial charge in [0.05, 0.1) is 6.07 Å². The van der Waals surface area contributed by atoms with Gasteiger partial charge in [-0.2, -0.15) is 5.26 Å². The van der Waals surface area contributed by atoms with Crippen LogP contribution in [-0.2, 0) is 0 Å². The first-order valence-corrected chi connectivity index (χ1v) is 6.96. The van der Waals surface area contributed by atoms with E-state index in [9.17, 15) is 0 Å². The van der Waals surface area contributed by atoms with Crippen LogP contribution in [-0.4, -0.2) is 61.2 Å². The van der Waals surface area contributed by atoms with Gasteiger partial charge in [-0.05, 0) is 54.3 Å². The Kier molecular flexibility index (Phi) is 5.58. The molecule has 1 aliphatic heterocycles. The van der Waals surface area contributed by atoms with Gasteiger partial charge < -0.3 is 10.2 Å². The van der Waals surface area contributed by atoms with Crippen LogP contribution in [0.2, 0.25) is 0 Å². The van der Waals surface area contributed by atoms with Crippen molar-refractivity contribution in [3.63, 3.8) is 0 Å². The van der Waals surface area contributed by atoms with Crippen LogP contribution in [0.3, 0.4) is 0 Å². The summed E-state index contributed by atoms with van der Waals surface area (Å²) < 4.78 is 0. The molecule has 0 aromatic heterocycles. The van der Waals surface area contributed by atoms with Gasteiger partial charge in [0, 0.05) is 25.2 Å². The first-order valence-electron chi connectivity index (χ1n) is 6.96. The molecule has 3 atom stereocenters. The molecule has 4 nitrogen and oxygen atoms in total. The molecule has 0 spiro atoms. The van der Waals surface area contributed by atoms with E-state index in [4.69, 9.17) is 5.26 Å². The molecule has 1 saturated heterocycles. The van der Waals surface area contributed by atoms with Crippen molar-refractivity contribution in [3.8, 4) is 6.07 Å². The zero-order valence-electron chi connectivity index (χ0n) is 12.5. The van der Waals surface area contributed by atoms with Gasteiger partial charge in [0.25, 0.3) is 0 Å². The van der Waals surface area contributed by atoms with Gasteiger partial charge in [-0.15, -0.1) is 0 Å². The highest BCUT2D eigenvalue weighted by Crippen LogP contribution is 2.16. The van der Waals surface area contributed by atoms with Crippen LogP contribution in [0.15, 0.2) is 0 Å². The topological polar surface area (TPSA) is 42.3 Å².